The Balaban J connectivity index is 2.19. The second-order valence-corrected chi connectivity index (χ2v) is 6.90. The number of thioether (sulfide) groups is 1. The number of carbonyl (C=O) groups is 1. The highest BCUT2D eigenvalue weighted by Crippen LogP contribution is 2.29. The van der Waals surface area contributed by atoms with Gasteiger partial charge in [0, 0.05) is 10.7 Å². The van der Waals surface area contributed by atoms with Crippen LogP contribution in [0.1, 0.15) is 23.6 Å². The lowest BCUT2D eigenvalue weighted by Crippen LogP contribution is -2.23. The molecular weight excluding hydrogens is 358 g/mol. The number of halogens is 1. The highest BCUT2D eigenvalue weighted by Gasteiger charge is 2.20. The molecule has 0 aliphatic rings. The third-order valence-corrected chi connectivity index (χ3v) is 4.95. The molecule has 0 aliphatic heterocycles. The zero-order chi connectivity index (χ0) is 18.6. The molecule has 1 aromatic heterocycles. The molecule has 3 N–H and O–H groups in total. The van der Waals surface area contributed by atoms with Crippen molar-refractivity contribution in [3.63, 3.8) is 0 Å². The second-order valence-electron chi connectivity index (χ2n) is 5.16. The van der Waals surface area contributed by atoms with Crippen LogP contribution in [-0.2, 0) is 4.79 Å². The predicted octanol–water partition coefficient (Wildman–Crippen LogP) is 3.49. The minimum atomic E-state index is -0.537. The van der Waals surface area contributed by atoms with Crippen LogP contribution in [0.3, 0.4) is 0 Å². The summed E-state index contributed by atoms with van der Waals surface area (Å²) in [5, 5.41) is 21.3. The quantitative estimate of drug-likeness (QED) is 0.794. The molecule has 0 spiro atoms. The highest BCUT2D eigenvalue weighted by atomic mass is 35.5. The van der Waals surface area contributed by atoms with Crippen LogP contribution in [0, 0.1) is 29.6 Å². The van der Waals surface area contributed by atoms with Gasteiger partial charge in [-0.25, -0.2) is 4.98 Å². The van der Waals surface area contributed by atoms with Crippen molar-refractivity contribution in [2.24, 2.45) is 0 Å². The maximum atomic E-state index is 12.4. The Kier molecular flexibility index (Phi) is 5.87. The van der Waals surface area contributed by atoms with Crippen molar-refractivity contribution < 1.29 is 4.79 Å². The minimum Gasteiger partial charge on any atom is -0.383 e. The Morgan fingerprint density at radius 1 is 1.36 bits per heavy atom. The van der Waals surface area contributed by atoms with Crippen LogP contribution >= 0.6 is 23.4 Å². The molecule has 0 unspecified atom stereocenters. The first-order valence-electron chi connectivity index (χ1n) is 7.20. The van der Waals surface area contributed by atoms with Crippen molar-refractivity contribution in [2.45, 2.75) is 24.1 Å². The molecule has 1 atom stereocenters. The van der Waals surface area contributed by atoms with Crippen molar-refractivity contribution in [3.8, 4) is 12.1 Å². The average Bonchev–Trinajstić information content (AvgIpc) is 2.59. The van der Waals surface area contributed by atoms with E-state index in [0.717, 1.165) is 17.3 Å². The molecule has 126 valence electrons. The number of benzene rings is 1. The smallest absolute Gasteiger partial charge is 0.237 e. The largest absolute Gasteiger partial charge is 0.383 e. The molecule has 0 radical (unpaired) electrons. The maximum Gasteiger partial charge on any atom is 0.237 e. The SMILES string of the molecule is Cc1c(Cl)cccc1NC(=O)[C@H](C)Sc1nc(N)c(C#N)cc1C#N. The molecule has 0 saturated carbocycles. The van der Waals surface area contributed by atoms with Crippen LogP contribution in [0.5, 0.6) is 0 Å². The number of pyridine rings is 1. The Morgan fingerprint density at radius 3 is 2.68 bits per heavy atom. The number of rotatable bonds is 4. The number of hydrogen-bond acceptors (Lipinski definition) is 6. The molecule has 25 heavy (non-hydrogen) atoms. The first kappa shape index (κ1) is 18.6. The van der Waals surface area contributed by atoms with E-state index >= 15 is 0 Å². The Bertz CT molecular complexity index is 916. The third kappa shape index (κ3) is 4.21. The minimum absolute atomic E-state index is 0.0299. The summed E-state index contributed by atoms with van der Waals surface area (Å²) in [6, 6.07) is 10.5. The normalized spacial score (nSPS) is 11.2. The van der Waals surface area contributed by atoms with Gasteiger partial charge in [0.25, 0.3) is 0 Å². The number of anilines is 2. The fraction of sp³-hybridized carbons (Fsp3) is 0.176. The fourth-order valence-corrected chi connectivity index (χ4v) is 3.03. The van der Waals surface area contributed by atoms with Crippen LogP contribution in [0.2, 0.25) is 5.02 Å². The van der Waals surface area contributed by atoms with E-state index in [1.807, 2.05) is 19.1 Å². The summed E-state index contributed by atoms with van der Waals surface area (Å²) in [6.07, 6.45) is 0. The van der Waals surface area contributed by atoms with Crippen LogP contribution < -0.4 is 11.1 Å². The standard InChI is InChI=1S/C17H14ClN5OS/c1-9-13(18)4-3-5-14(9)22-16(24)10(2)25-17-12(8-20)6-11(7-19)15(21)23-17/h3-6,10H,1-2H3,(H2,21,23)(H,22,24)/t10-/m0/s1. The molecule has 0 bridgehead atoms. The second kappa shape index (κ2) is 7.89. The molecule has 1 amide bonds. The Morgan fingerprint density at radius 2 is 2.04 bits per heavy atom. The number of nitrogens with one attached hydrogen (secondary N) is 1. The van der Waals surface area contributed by atoms with Gasteiger partial charge in [0.1, 0.15) is 23.0 Å². The molecule has 0 fully saturated rings. The lowest BCUT2D eigenvalue weighted by atomic mass is 10.2. The Hall–Kier alpha value is -2.74. The van der Waals surface area contributed by atoms with Gasteiger partial charge in [0.05, 0.1) is 16.4 Å². The number of nitrogens with two attached hydrogens (primary N) is 1. The molecular formula is C17H14ClN5OS. The van der Waals surface area contributed by atoms with Gasteiger partial charge in [0.15, 0.2) is 0 Å². The van der Waals surface area contributed by atoms with Crippen LogP contribution in [0.25, 0.3) is 0 Å². The van der Waals surface area contributed by atoms with E-state index in [2.05, 4.69) is 10.3 Å². The number of nitrogens with zero attached hydrogens (tertiary/aromatic N) is 3. The lowest BCUT2D eigenvalue weighted by Gasteiger charge is -2.14. The van der Waals surface area contributed by atoms with Gasteiger partial charge in [-0.1, -0.05) is 29.4 Å². The molecule has 8 heteroatoms. The first-order valence-corrected chi connectivity index (χ1v) is 8.46. The van der Waals surface area contributed by atoms with Crippen molar-refractivity contribution in [1.82, 2.24) is 4.98 Å². The first-order chi connectivity index (χ1) is 11.9. The van der Waals surface area contributed by atoms with E-state index in [4.69, 9.17) is 22.6 Å². The van der Waals surface area contributed by atoms with Gasteiger partial charge < -0.3 is 11.1 Å². The predicted molar refractivity (Wildman–Crippen MR) is 98.2 cm³/mol. The van der Waals surface area contributed by atoms with Crippen LogP contribution in [-0.4, -0.2) is 16.1 Å². The summed E-state index contributed by atoms with van der Waals surface area (Å²) in [5.74, 6) is -0.230. The van der Waals surface area contributed by atoms with E-state index < -0.39 is 5.25 Å². The number of nitrogen functional groups attached to an aromatic ring is 1. The number of hydrogen-bond donors (Lipinski definition) is 2. The van der Waals surface area contributed by atoms with Gasteiger partial charge in [-0.15, -0.1) is 0 Å². The lowest BCUT2D eigenvalue weighted by molar-refractivity contribution is -0.115. The Labute approximate surface area is 154 Å². The van der Waals surface area contributed by atoms with Crippen LogP contribution in [0.15, 0.2) is 29.3 Å². The van der Waals surface area contributed by atoms with E-state index in [0.29, 0.717) is 15.7 Å². The third-order valence-electron chi connectivity index (χ3n) is 3.44. The van der Waals surface area contributed by atoms with Gasteiger partial charge in [-0.3, -0.25) is 4.79 Å². The molecule has 6 nitrogen and oxygen atoms in total. The van der Waals surface area contributed by atoms with Gasteiger partial charge in [0.2, 0.25) is 5.91 Å². The highest BCUT2D eigenvalue weighted by molar-refractivity contribution is 8.00. The molecule has 2 rings (SSSR count). The van der Waals surface area contributed by atoms with E-state index in [1.165, 1.54) is 6.07 Å². The number of amides is 1. The summed E-state index contributed by atoms with van der Waals surface area (Å²) in [6.45, 7) is 3.50. The topological polar surface area (TPSA) is 116 Å². The van der Waals surface area contributed by atoms with Gasteiger partial charge in [-0.05, 0) is 37.6 Å². The fourth-order valence-electron chi connectivity index (χ4n) is 1.97. The zero-order valence-electron chi connectivity index (χ0n) is 13.5. The summed E-state index contributed by atoms with van der Waals surface area (Å²) in [5.41, 5.74) is 7.43. The number of nitriles is 2. The van der Waals surface area contributed by atoms with Gasteiger partial charge >= 0.3 is 0 Å². The van der Waals surface area contributed by atoms with E-state index in [-0.39, 0.29) is 22.9 Å². The molecule has 0 aliphatic carbocycles. The monoisotopic (exact) mass is 371 g/mol. The summed E-state index contributed by atoms with van der Waals surface area (Å²) < 4.78 is 0. The molecule has 1 aromatic carbocycles. The molecule has 2 aromatic rings. The number of aromatic nitrogens is 1. The van der Waals surface area contributed by atoms with E-state index in [9.17, 15) is 10.1 Å². The number of carbonyl (C=O) groups excluding carboxylic acids is 1. The van der Waals surface area contributed by atoms with Crippen molar-refractivity contribution in [1.29, 1.82) is 10.5 Å². The molecule has 0 saturated heterocycles. The van der Waals surface area contributed by atoms with Crippen LogP contribution in [0.4, 0.5) is 11.5 Å². The van der Waals surface area contributed by atoms with Crippen molar-refractivity contribution in [2.75, 3.05) is 11.1 Å². The van der Waals surface area contributed by atoms with Crippen molar-refractivity contribution in [3.05, 3.63) is 46.0 Å². The average molecular weight is 372 g/mol. The van der Waals surface area contributed by atoms with Crippen molar-refractivity contribution >= 4 is 40.8 Å². The maximum absolute atomic E-state index is 12.4. The zero-order valence-corrected chi connectivity index (χ0v) is 15.1. The summed E-state index contributed by atoms with van der Waals surface area (Å²) in [4.78, 5) is 16.5. The summed E-state index contributed by atoms with van der Waals surface area (Å²) in [7, 11) is 0. The van der Waals surface area contributed by atoms with Gasteiger partial charge in [-0.2, -0.15) is 10.5 Å². The molecule has 1 heterocycles. The van der Waals surface area contributed by atoms with E-state index in [1.54, 1.807) is 25.1 Å². The summed E-state index contributed by atoms with van der Waals surface area (Å²) >= 11 is 7.15.